The highest BCUT2D eigenvalue weighted by molar-refractivity contribution is 5.61. The lowest BCUT2D eigenvalue weighted by atomic mass is 10.0. The molecule has 23 heavy (non-hydrogen) atoms. The van der Waals surface area contributed by atoms with E-state index in [-0.39, 0.29) is 5.69 Å². The number of nitrogens with one attached hydrogen (secondary N) is 1. The largest absolute Gasteiger partial charge is 0.382 e. The quantitative estimate of drug-likeness (QED) is 0.614. The summed E-state index contributed by atoms with van der Waals surface area (Å²) in [5.74, 6) is 0. The van der Waals surface area contributed by atoms with Crippen molar-refractivity contribution < 1.29 is 4.92 Å². The lowest BCUT2D eigenvalue weighted by Crippen LogP contribution is -2.44. The van der Waals surface area contributed by atoms with Crippen LogP contribution in [-0.2, 0) is 0 Å². The molecular formula is C17H24N4O2. The molecular weight excluding hydrogens is 292 g/mol. The molecule has 0 spiro atoms. The Bertz CT molecular complexity index is 582. The van der Waals surface area contributed by atoms with Crippen molar-refractivity contribution in [2.75, 3.05) is 25.0 Å². The Morgan fingerprint density at radius 3 is 3.00 bits per heavy atom. The highest BCUT2D eigenvalue weighted by Gasteiger charge is 2.22. The molecule has 1 aromatic rings. The highest BCUT2D eigenvalue weighted by atomic mass is 16.6. The second-order valence-electron chi connectivity index (χ2n) is 6.02. The number of likely N-dealkylation sites (tertiary alicyclic amines) is 1. The van der Waals surface area contributed by atoms with Crippen LogP contribution in [-0.4, -0.2) is 35.5 Å². The van der Waals surface area contributed by atoms with Crippen molar-refractivity contribution in [3.8, 4) is 6.07 Å². The Kier molecular flexibility index (Phi) is 6.36. The van der Waals surface area contributed by atoms with Crippen LogP contribution >= 0.6 is 0 Å². The summed E-state index contributed by atoms with van der Waals surface area (Å²) < 4.78 is 0. The number of benzene rings is 1. The third-order valence-corrected chi connectivity index (χ3v) is 4.41. The van der Waals surface area contributed by atoms with Gasteiger partial charge >= 0.3 is 0 Å². The maximum Gasteiger partial charge on any atom is 0.270 e. The zero-order chi connectivity index (χ0) is 16.7. The van der Waals surface area contributed by atoms with E-state index in [0.717, 1.165) is 26.1 Å². The molecule has 0 bridgehead atoms. The molecule has 1 fully saturated rings. The van der Waals surface area contributed by atoms with Gasteiger partial charge in [0.15, 0.2) is 0 Å². The predicted octanol–water partition coefficient (Wildman–Crippen LogP) is 3.53. The summed E-state index contributed by atoms with van der Waals surface area (Å²) in [6.45, 7) is 5.23. The van der Waals surface area contributed by atoms with Crippen molar-refractivity contribution in [2.24, 2.45) is 0 Å². The number of nitro benzene ring substituents is 1. The molecule has 1 heterocycles. The van der Waals surface area contributed by atoms with E-state index in [9.17, 15) is 15.4 Å². The van der Waals surface area contributed by atoms with E-state index >= 15 is 0 Å². The second-order valence-corrected chi connectivity index (χ2v) is 6.02. The number of nitro groups is 1. The Labute approximate surface area is 137 Å². The minimum Gasteiger partial charge on any atom is -0.382 e. The van der Waals surface area contributed by atoms with Crippen LogP contribution in [0.15, 0.2) is 18.2 Å². The molecule has 1 atom stereocenters. The fraction of sp³-hybridized carbons (Fsp3) is 0.588. The van der Waals surface area contributed by atoms with Crippen LogP contribution in [0.5, 0.6) is 0 Å². The molecule has 0 aromatic heterocycles. The zero-order valence-electron chi connectivity index (χ0n) is 13.6. The molecule has 0 unspecified atom stereocenters. The van der Waals surface area contributed by atoms with Crippen LogP contribution in [0.1, 0.15) is 44.6 Å². The monoisotopic (exact) mass is 316 g/mol. The first-order chi connectivity index (χ1) is 11.2. The summed E-state index contributed by atoms with van der Waals surface area (Å²) in [7, 11) is 0. The third-order valence-electron chi connectivity index (χ3n) is 4.41. The normalized spacial score (nSPS) is 18.3. The van der Waals surface area contributed by atoms with Crippen LogP contribution in [0, 0.1) is 21.4 Å². The summed E-state index contributed by atoms with van der Waals surface area (Å²) in [6, 6.07) is 6.92. The molecule has 2 rings (SSSR count). The number of piperidine rings is 1. The fourth-order valence-electron chi connectivity index (χ4n) is 3.07. The number of rotatable bonds is 7. The SMILES string of the molecule is CCCCN1CCCC[C@@H]1CNc1ccc([N+](=O)[O-])cc1C#N. The molecule has 1 aliphatic heterocycles. The lowest BCUT2D eigenvalue weighted by Gasteiger charge is -2.36. The average Bonchev–Trinajstić information content (AvgIpc) is 2.58. The maximum absolute atomic E-state index is 10.8. The molecule has 0 amide bonds. The first-order valence-electron chi connectivity index (χ1n) is 8.32. The van der Waals surface area contributed by atoms with Gasteiger partial charge in [-0.25, -0.2) is 0 Å². The van der Waals surface area contributed by atoms with Crippen molar-refractivity contribution >= 4 is 11.4 Å². The summed E-state index contributed by atoms with van der Waals surface area (Å²) in [5.41, 5.74) is 0.962. The van der Waals surface area contributed by atoms with Crippen LogP contribution in [0.4, 0.5) is 11.4 Å². The van der Waals surface area contributed by atoms with Gasteiger partial charge in [-0.3, -0.25) is 15.0 Å². The number of hydrogen-bond donors (Lipinski definition) is 1. The van der Waals surface area contributed by atoms with Gasteiger partial charge in [-0.2, -0.15) is 5.26 Å². The Hall–Kier alpha value is -2.13. The van der Waals surface area contributed by atoms with E-state index in [1.807, 2.05) is 6.07 Å². The number of hydrogen-bond acceptors (Lipinski definition) is 5. The third kappa shape index (κ3) is 4.67. The van der Waals surface area contributed by atoms with Crippen LogP contribution in [0.25, 0.3) is 0 Å². The molecule has 1 saturated heterocycles. The van der Waals surface area contributed by atoms with Crippen LogP contribution < -0.4 is 5.32 Å². The van der Waals surface area contributed by atoms with Gasteiger partial charge in [-0.05, 0) is 38.4 Å². The van der Waals surface area contributed by atoms with Gasteiger partial charge in [0.1, 0.15) is 6.07 Å². The molecule has 6 heteroatoms. The number of nitrogens with zero attached hydrogens (tertiary/aromatic N) is 3. The van der Waals surface area contributed by atoms with Crippen molar-refractivity contribution in [3.05, 3.63) is 33.9 Å². The molecule has 0 aliphatic carbocycles. The van der Waals surface area contributed by atoms with Crippen LogP contribution in [0.2, 0.25) is 0 Å². The minimum absolute atomic E-state index is 0.0469. The number of unbranched alkanes of at least 4 members (excludes halogenated alkanes) is 1. The van der Waals surface area contributed by atoms with Gasteiger partial charge in [0, 0.05) is 24.7 Å². The van der Waals surface area contributed by atoms with Gasteiger partial charge in [0.25, 0.3) is 5.69 Å². The Morgan fingerprint density at radius 1 is 1.48 bits per heavy atom. The van der Waals surface area contributed by atoms with Gasteiger partial charge in [-0.1, -0.05) is 19.8 Å². The lowest BCUT2D eigenvalue weighted by molar-refractivity contribution is -0.384. The summed E-state index contributed by atoms with van der Waals surface area (Å²) in [6.07, 6.45) is 6.04. The van der Waals surface area contributed by atoms with Crippen molar-refractivity contribution in [1.29, 1.82) is 5.26 Å². The first-order valence-corrected chi connectivity index (χ1v) is 8.32. The van der Waals surface area contributed by atoms with E-state index in [4.69, 9.17) is 0 Å². The standard InChI is InChI=1S/C17H24N4O2/c1-2-3-9-20-10-5-4-6-16(20)13-19-17-8-7-15(21(22)23)11-14(17)12-18/h7-8,11,16,19H,2-6,9-10,13H2,1H3/t16-/m1/s1. The molecule has 1 aromatic carbocycles. The topological polar surface area (TPSA) is 82.2 Å². The smallest absolute Gasteiger partial charge is 0.270 e. The fourth-order valence-corrected chi connectivity index (χ4v) is 3.07. The van der Waals surface area contributed by atoms with Gasteiger partial charge in [0.05, 0.1) is 16.2 Å². The second kappa shape index (κ2) is 8.49. The van der Waals surface area contributed by atoms with Crippen molar-refractivity contribution in [3.63, 3.8) is 0 Å². The van der Waals surface area contributed by atoms with E-state index in [0.29, 0.717) is 17.3 Å². The zero-order valence-corrected chi connectivity index (χ0v) is 13.6. The number of nitriles is 1. The van der Waals surface area contributed by atoms with E-state index < -0.39 is 4.92 Å². The van der Waals surface area contributed by atoms with E-state index in [2.05, 4.69) is 17.1 Å². The summed E-state index contributed by atoms with van der Waals surface area (Å²) in [5, 5.41) is 23.3. The molecule has 1 aliphatic rings. The predicted molar refractivity (Wildman–Crippen MR) is 90.4 cm³/mol. The Morgan fingerprint density at radius 2 is 2.30 bits per heavy atom. The molecule has 124 valence electrons. The van der Waals surface area contributed by atoms with Crippen molar-refractivity contribution in [1.82, 2.24) is 4.90 Å². The minimum atomic E-state index is -0.474. The number of non-ortho nitro benzene ring substituents is 1. The Balaban J connectivity index is 2.01. The maximum atomic E-state index is 10.8. The van der Waals surface area contributed by atoms with Crippen molar-refractivity contribution in [2.45, 2.75) is 45.1 Å². The molecule has 0 saturated carbocycles. The molecule has 6 nitrogen and oxygen atoms in total. The molecule has 1 N–H and O–H groups in total. The average molecular weight is 316 g/mol. The van der Waals surface area contributed by atoms with E-state index in [1.54, 1.807) is 6.07 Å². The van der Waals surface area contributed by atoms with Gasteiger partial charge < -0.3 is 5.32 Å². The summed E-state index contributed by atoms with van der Waals surface area (Å²) >= 11 is 0. The molecule has 0 radical (unpaired) electrons. The highest BCUT2D eigenvalue weighted by Crippen LogP contribution is 2.23. The summed E-state index contributed by atoms with van der Waals surface area (Å²) in [4.78, 5) is 12.8. The van der Waals surface area contributed by atoms with Gasteiger partial charge in [-0.15, -0.1) is 0 Å². The first kappa shape index (κ1) is 17.2. The van der Waals surface area contributed by atoms with Crippen LogP contribution in [0.3, 0.4) is 0 Å². The van der Waals surface area contributed by atoms with E-state index in [1.165, 1.54) is 37.8 Å². The number of anilines is 1. The van der Waals surface area contributed by atoms with Gasteiger partial charge in [0.2, 0.25) is 0 Å².